The van der Waals surface area contributed by atoms with Gasteiger partial charge in [0, 0.05) is 6.04 Å². The number of aliphatic carboxylic acids is 1. The fraction of sp³-hybridized carbons (Fsp3) is 0.800. The van der Waals surface area contributed by atoms with E-state index in [-0.39, 0.29) is 29.7 Å². The Hall–Kier alpha value is -1.39. The molecule has 2 amide bonds. The van der Waals surface area contributed by atoms with Crippen molar-refractivity contribution >= 4 is 17.8 Å². The highest BCUT2D eigenvalue weighted by atomic mass is 16.4. The number of carbonyl (C=O) groups is 3. The Morgan fingerprint density at radius 3 is 2.20 bits per heavy atom. The predicted octanol–water partition coefficient (Wildman–Crippen LogP) is 1.66. The van der Waals surface area contributed by atoms with Crippen LogP contribution in [0.3, 0.4) is 0 Å². The van der Waals surface area contributed by atoms with Gasteiger partial charge in [-0.3, -0.25) is 19.3 Å². The van der Waals surface area contributed by atoms with E-state index >= 15 is 0 Å². The molecule has 0 spiro atoms. The van der Waals surface area contributed by atoms with Crippen molar-refractivity contribution in [2.24, 2.45) is 23.7 Å². The first-order chi connectivity index (χ1) is 9.52. The van der Waals surface area contributed by atoms with Crippen molar-refractivity contribution in [3.8, 4) is 0 Å². The van der Waals surface area contributed by atoms with E-state index in [1.807, 2.05) is 0 Å². The molecule has 1 N–H and O–H groups in total. The fourth-order valence-electron chi connectivity index (χ4n) is 4.26. The van der Waals surface area contributed by atoms with Gasteiger partial charge in [0.25, 0.3) is 0 Å². The van der Waals surface area contributed by atoms with Crippen molar-refractivity contribution in [1.29, 1.82) is 0 Å². The molecule has 3 rings (SSSR count). The highest BCUT2D eigenvalue weighted by molar-refractivity contribution is 6.05. The van der Waals surface area contributed by atoms with Gasteiger partial charge < -0.3 is 5.11 Å². The van der Waals surface area contributed by atoms with Crippen LogP contribution in [0.4, 0.5) is 0 Å². The van der Waals surface area contributed by atoms with Crippen molar-refractivity contribution in [2.45, 2.75) is 51.5 Å². The van der Waals surface area contributed by atoms with Crippen LogP contribution < -0.4 is 0 Å². The van der Waals surface area contributed by atoms with E-state index in [0.29, 0.717) is 25.2 Å². The molecule has 4 atom stereocenters. The molecule has 0 aromatic carbocycles. The Labute approximate surface area is 118 Å². The summed E-state index contributed by atoms with van der Waals surface area (Å²) in [6.07, 6.45) is 4.34. The quantitative estimate of drug-likeness (QED) is 0.797. The molecular weight excluding hydrogens is 258 g/mol. The zero-order valence-electron chi connectivity index (χ0n) is 11.7. The van der Waals surface area contributed by atoms with Crippen LogP contribution in [0.25, 0.3) is 0 Å². The van der Waals surface area contributed by atoms with Crippen LogP contribution in [0, 0.1) is 23.7 Å². The van der Waals surface area contributed by atoms with Gasteiger partial charge in [0.05, 0.1) is 17.8 Å². The molecule has 0 bridgehead atoms. The number of carboxylic acid groups (broad SMARTS) is 1. The fourth-order valence-corrected chi connectivity index (χ4v) is 4.26. The van der Waals surface area contributed by atoms with Crippen molar-refractivity contribution < 1.29 is 19.5 Å². The molecule has 1 saturated heterocycles. The van der Waals surface area contributed by atoms with E-state index in [4.69, 9.17) is 5.11 Å². The predicted molar refractivity (Wildman–Crippen MR) is 70.6 cm³/mol. The van der Waals surface area contributed by atoms with Gasteiger partial charge in [-0.25, -0.2) is 0 Å². The van der Waals surface area contributed by atoms with Crippen LogP contribution in [-0.2, 0) is 14.4 Å². The number of carbonyl (C=O) groups excluding carboxylic acids is 2. The van der Waals surface area contributed by atoms with Crippen molar-refractivity contribution in [2.75, 3.05) is 0 Å². The van der Waals surface area contributed by atoms with Crippen molar-refractivity contribution in [1.82, 2.24) is 4.90 Å². The lowest BCUT2D eigenvalue weighted by atomic mass is 10.00. The average Bonchev–Trinajstić information content (AvgIpc) is 3.08. The summed E-state index contributed by atoms with van der Waals surface area (Å²) in [5.41, 5.74) is 0. The van der Waals surface area contributed by atoms with Gasteiger partial charge in [-0.05, 0) is 38.0 Å². The SMILES string of the molecule is CCC1CC2C(=O)N(C3CCC(C(=O)O)C3)C(=O)C2C1. The minimum Gasteiger partial charge on any atom is -0.481 e. The van der Waals surface area contributed by atoms with E-state index < -0.39 is 11.9 Å². The molecule has 1 heterocycles. The number of hydrogen-bond donors (Lipinski definition) is 1. The second kappa shape index (κ2) is 4.86. The average molecular weight is 279 g/mol. The number of rotatable bonds is 3. The molecule has 3 fully saturated rings. The standard InChI is InChI=1S/C15H21NO4/c1-2-8-5-11-12(6-8)14(18)16(13(11)17)10-4-3-9(7-10)15(19)20/h8-12H,2-7H2,1H3,(H,19,20). The second-order valence-electron chi connectivity index (χ2n) is 6.51. The lowest BCUT2D eigenvalue weighted by Crippen LogP contribution is -2.40. The smallest absolute Gasteiger partial charge is 0.306 e. The van der Waals surface area contributed by atoms with E-state index in [0.717, 1.165) is 19.3 Å². The first kappa shape index (κ1) is 13.6. The summed E-state index contributed by atoms with van der Waals surface area (Å²) >= 11 is 0. The first-order valence-electron chi connectivity index (χ1n) is 7.62. The number of fused-ring (bicyclic) bond motifs is 1. The maximum Gasteiger partial charge on any atom is 0.306 e. The molecule has 110 valence electrons. The minimum atomic E-state index is -0.808. The van der Waals surface area contributed by atoms with Crippen LogP contribution >= 0.6 is 0 Å². The molecule has 4 unspecified atom stereocenters. The van der Waals surface area contributed by atoms with Crippen LogP contribution in [-0.4, -0.2) is 33.8 Å². The van der Waals surface area contributed by atoms with Crippen LogP contribution in [0.15, 0.2) is 0 Å². The number of carboxylic acids is 1. The third kappa shape index (κ3) is 1.95. The summed E-state index contributed by atoms with van der Waals surface area (Å²) in [5, 5.41) is 9.05. The van der Waals surface area contributed by atoms with E-state index in [1.165, 1.54) is 4.90 Å². The lowest BCUT2D eigenvalue weighted by Gasteiger charge is -2.24. The van der Waals surface area contributed by atoms with Gasteiger partial charge in [-0.2, -0.15) is 0 Å². The Bertz CT molecular complexity index is 437. The normalized spacial score (nSPS) is 40.5. The zero-order chi connectivity index (χ0) is 14.4. The molecule has 0 aromatic heterocycles. The van der Waals surface area contributed by atoms with Crippen molar-refractivity contribution in [3.63, 3.8) is 0 Å². The highest BCUT2D eigenvalue weighted by Gasteiger charge is 2.54. The molecule has 2 saturated carbocycles. The van der Waals surface area contributed by atoms with E-state index in [1.54, 1.807) is 0 Å². The third-order valence-electron chi connectivity index (χ3n) is 5.47. The van der Waals surface area contributed by atoms with E-state index in [9.17, 15) is 14.4 Å². The molecule has 2 aliphatic carbocycles. The van der Waals surface area contributed by atoms with Gasteiger partial charge in [-0.1, -0.05) is 13.3 Å². The van der Waals surface area contributed by atoms with Crippen LogP contribution in [0.2, 0.25) is 0 Å². The summed E-state index contributed by atoms with van der Waals surface area (Å²) in [6.45, 7) is 2.10. The van der Waals surface area contributed by atoms with Crippen LogP contribution in [0.5, 0.6) is 0 Å². The zero-order valence-corrected chi connectivity index (χ0v) is 11.7. The topological polar surface area (TPSA) is 74.7 Å². The van der Waals surface area contributed by atoms with Gasteiger partial charge in [-0.15, -0.1) is 0 Å². The summed E-state index contributed by atoms with van der Waals surface area (Å²) in [6, 6.07) is -0.179. The Morgan fingerprint density at radius 1 is 1.15 bits per heavy atom. The summed E-state index contributed by atoms with van der Waals surface area (Å²) in [7, 11) is 0. The van der Waals surface area contributed by atoms with Crippen LogP contribution in [0.1, 0.15) is 45.4 Å². The summed E-state index contributed by atoms with van der Waals surface area (Å²) < 4.78 is 0. The Balaban J connectivity index is 1.73. The highest BCUT2D eigenvalue weighted by Crippen LogP contribution is 2.46. The Kier molecular flexibility index (Phi) is 3.30. The monoisotopic (exact) mass is 279 g/mol. The maximum atomic E-state index is 12.5. The second-order valence-corrected chi connectivity index (χ2v) is 6.51. The summed E-state index contributed by atoms with van der Waals surface area (Å²) in [5.74, 6) is -1.04. The number of amides is 2. The molecule has 20 heavy (non-hydrogen) atoms. The van der Waals surface area contributed by atoms with Gasteiger partial charge in [0.15, 0.2) is 0 Å². The molecule has 5 nitrogen and oxygen atoms in total. The van der Waals surface area contributed by atoms with Gasteiger partial charge >= 0.3 is 5.97 Å². The molecule has 0 aromatic rings. The van der Waals surface area contributed by atoms with Crippen molar-refractivity contribution in [3.05, 3.63) is 0 Å². The molecular formula is C15H21NO4. The molecule has 3 aliphatic rings. The summed E-state index contributed by atoms with van der Waals surface area (Å²) in [4.78, 5) is 37.4. The Morgan fingerprint density at radius 2 is 1.75 bits per heavy atom. The number of hydrogen-bond acceptors (Lipinski definition) is 3. The number of likely N-dealkylation sites (tertiary alicyclic amines) is 1. The molecule has 5 heteroatoms. The lowest BCUT2D eigenvalue weighted by molar-refractivity contribution is -0.145. The van der Waals surface area contributed by atoms with E-state index in [2.05, 4.69) is 6.92 Å². The molecule has 1 aliphatic heterocycles. The maximum absolute atomic E-state index is 12.5. The number of imide groups is 1. The number of nitrogens with zero attached hydrogens (tertiary/aromatic N) is 1. The minimum absolute atomic E-state index is 0.0352. The first-order valence-corrected chi connectivity index (χ1v) is 7.62. The largest absolute Gasteiger partial charge is 0.481 e. The third-order valence-corrected chi connectivity index (χ3v) is 5.47. The molecule has 0 radical (unpaired) electrons. The van der Waals surface area contributed by atoms with Gasteiger partial charge in [0.1, 0.15) is 0 Å². The van der Waals surface area contributed by atoms with Gasteiger partial charge in [0.2, 0.25) is 11.8 Å².